The second-order valence-electron chi connectivity index (χ2n) is 5.69. The normalized spacial score (nSPS) is 11.1. The highest BCUT2D eigenvalue weighted by atomic mass is 16.3. The van der Waals surface area contributed by atoms with Crippen molar-refractivity contribution >= 4 is 11.6 Å². The van der Waals surface area contributed by atoms with E-state index in [1.54, 1.807) is 23.1 Å². The van der Waals surface area contributed by atoms with Crippen molar-refractivity contribution in [1.82, 2.24) is 9.80 Å². The maximum absolute atomic E-state index is 12.6. The van der Waals surface area contributed by atoms with E-state index in [0.29, 0.717) is 19.0 Å². The molecule has 0 aliphatic carbocycles. The summed E-state index contributed by atoms with van der Waals surface area (Å²) in [5.74, 6) is 0.0609. The van der Waals surface area contributed by atoms with Gasteiger partial charge in [-0.2, -0.15) is 0 Å². The number of amides is 1. The van der Waals surface area contributed by atoms with Crippen LogP contribution < -0.4 is 5.73 Å². The number of hydrogen-bond acceptors (Lipinski definition) is 4. The number of phenolic OH excluding ortho intramolecular Hbond substituents is 1. The molecule has 1 rings (SSSR count). The average Bonchev–Trinajstić information content (AvgIpc) is 2.36. The van der Waals surface area contributed by atoms with Gasteiger partial charge in [0.05, 0.1) is 11.3 Å². The molecule has 0 bridgehead atoms. The molecule has 0 spiro atoms. The molecule has 1 aromatic carbocycles. The Kier molecular flexibility index (Phi) is 5.82. The number of carbonyl (C=O) groups excluding carboxylic acids is 1. The first-order valence-corrected chi connectivity index (χ1v) is 6.84. The fraction of sp³-hybridized carbons (Fsp3) is 0.533. The average molecular weight is 279 g/mol. The summed E-state index contributed by atoms with van der Waals surface area (Å²) in [6.07, 6.45) is 0. The second kappa shape index (κ2) is 7.14. The van der Waals surface area contributed by atoms with E-state index in [1.807, 2.05) is 19.0 Å². The lowest BCUT2D eigenvalue weighted by atomic mass is 10.1. The fourth-order valence-corrected chi connectivity index (χ4v) is 1.94. The van der Waals surface area contributed by atoms with E-state index in [1.165, 1.54) is 0 Å². The van der Waals surface area contributed by atoms with Gasteiger partial charge in [0.1, 0.15) is 0 Å². The van der Waals surface area contributed by atoms with Gasteiger partial charge in [-0.3, -0.25) is 4.79 Å². The minimum atomic E-state index is -0.176. The van der Waals surface area contributed by atoms with Crippen LogP contribution in [0.5, 0.6) is 5.75 Å². The third kappa shape index (κ3) is 4.42. The molecule has 5 heteroatoms. The Bertz CT molecular complexity index is 458. The first-order chi connectivity index (χ1) is 9.32. The van der Waals surface area contributed by atoms with Crippen molar-refractivity contribution in [3.05, 3.63) is 23.8 Å². The predicted octanol–water partition coefficient (Wildman–Crippen LogP) is 1.63. The summed E-state index contributed by atoms with van der Waals surface area (Å²) in [5, 5.41) is 9.95. The number of nitrogens with zero attached hydrogens (tertiary/aromatic N) is 2. The third-order valence-corrected chi connectivity index (χ3v) is 2.99. The van der Waals surface area contributed by atoms with Gasteiger partial charge in [-0.15, -0.1) is 0 Å². The van der Waals surface area contributed by atoms with Crippen LogP contribution in [0, 0.1) is 5.92 Å². The summed E-state index contributed by atoms with van der Waals surface area (Å²) >= 11 is 0. The molecule has 1 amide bonds. The highest BCUT2D eigenvalue weighted by molar-refractivity contribution is 5.98. The van der Waals surface area contributed by atoms with Gasteiger partial charge in [-0.1, -0.05) is 19.9 Å². The van der Waals surface area contributed by atoms with E-state index in [2.05, 4.69) is 13.8 Å². The van der Waals surface area contributed by atoms with Crippen LogP contribution in [0.1, 0.15) is 24.2 Å². The summed E-state index contributed by atoms with van der Waals surface area (Å²) in [6.45, 7) is 6.19. The molecule has 0 heterocycles. The molecular weight excluding hydrogens is 254 g/mol. The molecule has 0 unspecified atom stereocenters. The van der Waals surface area contributed by atoms with Crippen molar-refractivity contribution < 1.29 is 9.90 Å². The maximum atomic E-state index is 12.6. The lowest BCUT2D eigenvalue weighted by Crippen LogP contribution is -2.39. The van der Waals surface area contributed by atoms with Gasteiger partial charge in [-0.25, -0.2) is 0 Å². The summed E-state index contributed by atoms with van der Waals surface area (Å²) in [6, 6.07) is 4.87. The number of benzene rings is 1. The number of nitrogens with two attached hydrogens (primary N) is 1. The molecule has 0 aliphatic rings. The molecule has 112 valence electrons. The number of carbonyl (C=O) groups is 1. The molecule has 0 aliphatic heterocycles. The number of para-hydroxylation sites is 1. The molecule has 1 aromatic rings. The molecule has 0 aromatic heterocycles. The van der Waals surface area contributed by atoms with Gasteiger partial charge in [0.15, 0.2) is 5.75 Å². The van der Waals surface area contributed by atoms with E-state index in [0.717, 1.165) is 6.54 Å². The number of anilines is 1. The summed E-state index contributed by atoms with van der Waals surface area (Å²) in [4.78, 5) is 16.3. The molecule has 3 N–H and O–H groups in total. The van der Waals surface area contributed by atoms with Gasteiger partial charge < -0.3 is 20.6 Å². The molecule has 0 saturated carbocycles. The van der Waals surface area contributed by atoms with Gasteiger partial charge >= 0.3 is 0 Å². The fourth-order valence-electron chi connectivity index (χ4n) is 1.94. The molecule has 0 atom stereocenters. The third-order valence-electron chi connectivity index (χ3n) is 2.99. The smallest absolute Gasteiger partial charge is 0.257 e. The number of nitrogen functional groups attached to an aromatic ring is 1. The Hall–Kier alpha value is -1.75. The SMILES string of the molecule is CC(C)CN(CCN(C)C)C(=O)c1cccc(N)c1O. The van der Waals surface area contributed by atoms with Gasteiger partial charge in [0.25, 0.3) is 5.91 Å². The highest BCUT2D eigenvalue weighted by Crippen LogP contribution is 2.25. The number of rotatable bonds is 6. The van der Waals surface area contributed by atoms with Crippen molar-refractivity contribution in [2.75, 3.05) is 39.5 Å². The molecule has 20 heavy (non-hydrogen) atoms. The molecule has 0 saturated heterocycles. The van der Waals surface area contributed by atoms with E-state index in [-0.39, 0.29) is 22.9 Å². The second-order valence-corrected chi connectivity index (χ2v) is 5.69. The van der Waals surface area contributed by atoms with Crippen molar-refractivity contribution in [2.24, 2.45) is 5.92 Å². The maximum Gasteiger partial charge on any atom is 0.257 e. The lowest BCUT2D eigenvalue weighted by Gasteiger charge is -2.26. The van der Waals surface area contributed by atoms with E-state index < -0.39 is 0 Å². The number of aromatic hydroxyl groups is 1. The Morgan fingerprint density at radius 1 is 1.30 bits per heavy atom. The zero-order chi connectivity index (χ0) is 15.3. The minimum absolute atomic E-state index is 0.129. The van der Waals surface area contributed by atoms with Crippen LogP contribution in [0.3, 0.4) is 0 Å². The standard InChI is InChI=1S/C15H25N3O2/c1-11(2)10-18(9-8-17(3)4)15(20)12-6-5-7-13(16)14(12)19/h5-7,11,19H,8-10,16H2,1-4H3. The molecular formula is C15H25N3O2. The van der Waals surface area contributed by atoms with Crippen LogP contribution in [0.4, 0.5) is 5.69 Å². The predicted molar refractivity (Wildman–Crippen MR) is 81.8 cm³/mol. The first kappa shape index (κ1) is 16.3. The molecule has 5 nitrogen and oxygen atoms in total. The van der Waals surface area contributed by atoms with Crippen LogP contribution in [-0.2, 0) is 0 Å². The van der Waals surface area contributed by atoms with Crippen LogP contribution in [-0.4, -0.2) is 54.5 Å². The highest BCUT2D eigenvalue weighted by Gasteiger charge is 2.20. The van der Waals surface area contributed by atoms with Crippen LogP contribution in [0.2, 0.25) is 0 Å². The lowest BCUT2D eigenvalue weighted by molar-refractivity contribution is 0.0722. The van der Waals surface area contributed by atoms with Crippen molar-refractivity contribution in [3.8, 4) is 5.75 Å². The van der Waals surface area contributed by atoms with Crippen LogP contribution >= 0.6 is 0 Å². The molecule has 0 fully saturated rings. The van der Waals surface area contributed by atoms with Crippen molar-refractivity contribution in [2.45, 2.75) is 13.8 Å². The zero-order valence-electron chi connectivity index (χ0n) is 12.8. The van der Waals surface area contributed by atoms with E-state index in [9.17, 15) is 9.90 Å². The monoisotopic (exact) mass is 279 g/mol. The molecule has 0 radical (unpaired) electrons. The quantitative estimate of drug-likeness (QED) is 0.613. The first-order valence-electron chi connectivity index (χ1n) is 6.84. The zero-order valence-corrected chi connectivity index (χ0v) is 12.8. The largest absolute Gasteiger partial charge is 0.505 e. The Balaban J connectivity index is 2.94. The summed E-state index contributed by atoms with van der Waals surface area (Å²) in [7, 11) is 3.94. The van der Waals surface area contributed by atoms with Gasteiger partial charge in [-0.05, 0) is 32.1 Å². The number of likely N-dealkylation sites (N-methyl/N-ethyl adjacent to an activating group) is 1. The van der Waals surface area contributed by atoms with Gasteiger partial charge in [0, 0.05) is 19.6 Å². The van der Waals surface area contributed by atoms with Crippen LogP contribution in [0.15, 0.2) is 18.2 Å². The summed E-state index contributed by atoms with van der Waals surface area (Å²) in [5.41, 5.74) is 6.15. The Morgan fingerprint density at radius 3 is 2.50 bits per heavy atom. The minimum Gasteiger partial charge on any atom is -0.505 e. The summed E-state index contributed by atoms with van der Waals surface area (Å²) < 4.78 is 0. The van der Waals surface area contributed by atoms with Crippen LogP contribution in [0.25, 0.3) is 0 Å². The Labute approximate surface area is 121 Å². The number of hydrogen-bond donors (Lipinski definition) is 2. The van der Waals surface area contributed by atoms with Gasteiger partial charge in [0.2, 0.25) is 0 Å². The van der Waals surface area contributed by atoms with Crippen molar-refractivity contribution in [3.63, 3.8) is 0 Å². The van der Waals surface area contributed by atoms with Crippen molar-refractivity contribution in [1.29, 1.82) is 0 Å². The number of phenols is 1. The Morgan fingerprint density at radius 2 is 1.95 bits per heavy atom. The van der Waals surface area contributed by atoms with E-state index >= 15 is 0 Å². The topological polar surface area (TPSA) is 69.8 Å². The van der Waals surface area contributed by atoms with E-state index in [4.69, 9.17) is 5.73 Å².